The van der Waals surface area contributed by atoms with E-state index in [1.54, 1.807) is 6.92 Å². The highest BCUT2D eigenvalue weighted by molar-refractivity contribution is 9.10. The van der Waals surface area contributed by atoms with Crippen LogP contribution in [0.15, 0.2) is 22.7 Å². The first-order valence-corrected chi connectivity index (χ1v) is 6.61. The van der Waals surface area contributed by atoms with Gasteiger partial charge in [-0.3, -0.25) is 4.79 Å². The van der Waals surface area contributed by atoms with Gasteiger partial charge in [0, 0.05) is 22.6 Å². The third-order valence-corrected chi connectivity index (χ3v) is 2.99. The van der Waals surface area contributed by atoms with Crippen molar-refractivity contribution in [3.05, 3.63) is 33.3 Å². The van der Waals surface area contributed by atoms with Crippen molar-refractivity contribution in [1.82, 2.24) is 5.32 Å². The molecule has 0 saturated heterocycles. The molecule has 1 aromatic carbocycles. The van der Waals surface area contributed by atoms with E-state index in [0.717, 1.165) is 10.0 Å². The summed E-state index contributed by atoms with van der Waals surface area (Å²) in [7, 11) is 0. The lowest BCUT2D eigenvalue weighted by Gasteiger charge is -2.07. The van der Waals surface area contributed by atoms with E-state index in [2.05, 4.69) is 21.2 Å². The van der Waals surface area contributed by atoms with Gasteiger partial charge in [-0.25, -0.2) is 0 Å². The van der Waals surface area contributed by atoms with Crippen LogP contribution >= 0.6 is 27.5 Å². The number of carbonyl (C=O) groups excluding carboxylic acids is 1. The number of nitrogens with one attached hydrogen (secondary N) is 1. The summed E-state index contributed by atoms with van der Waals surface area (Å²) in [5.41, 5.74) is 1.01. The van der Waals surface area contributed by atoms with Crippen molar-refractivity contribution >= 4 is 33.5 Å². The van der Waals surface area contributed by atoms with E-state index < -0.39 is 0 Å². The van der Waals surface area contributed by atoms with Gasteiger partial charge in [-0.15, -0.1) is 0 Å². The standard InChI is InChI=1S/C12H15BrClNO2/c1-2-17-12(16)5-6-15-8-9-3-4-10(13)7-11(9)14/h3-4,7,15H,2,5-6,8H2,1H3. The fourth-order valence-corrected chi connectivity index (χ4v) is 2.05. The van der Waals surface area contributed by atoms with E-state index in [9.17, 15) is 4.79 Å². The first-order valence-electron chi connectivity index (χ1n) is 5.43. The Balaban J connectivity index is 2.29. The molecule has 0 aliphatic rings. The van der Waals surface area contributed by atoms with Crippen molar-refractivity contribution in [1.29, 1.82) is 0 Å². The van der Waals surface area contributed by atoms with Gasteiger partial charge in [0.2, 0.25) is 0 Å². The Hall–Kier alpha value is -0.580. The zero-order chi connectivity index (χ0) is 12.7. The summed E-state index contributed by atoms with van der Waals surface area (Å²) in [5.74, 6) is -0.179. The summed E-state index contributed by atoms with van der Waals surface area (Å²) >= 11 is 9.41. The lowest BCUT2D eigenvalue weighted by atomic mass is 10.2. The molecule has 0 heterocycles. The van der Waals surface area contributed by atoms with Crippen LogP contribution in [-0.4, -0.2) is 19.1 Å². The third kappa shape index (κ3) is 5.52. The molecule has 0 aromatic heterocycles. The highest BCUT2D eigenvalue weighted by Gasteiger charge is 2.03. The fourth-order valence-electron chi connectivity index (χ4n) is 1.31. The van der Waals surface area contributed by atoms with E-state index in [-0.39, 0.29) is 5.97 Å². The van der Waals surface area contributed by atoms with E-state index >= 15 is 0 Å². The number of rotatable bonds is 6. The van der Waals surface area contributed by atoms with Crippen molar-refractivity contribution in [2.24, 2.45) is 0 Å². The minimum Gasteiger partial charge on any atom is -0.466 e. The summed E-state index contributed by atoms with van der Waals surface area (Å²) < 4.78 is 5.78. The Morgan fingerprint density at radius 1 is 1.53 bits per heavy atom. The highest BCUT2D eigenvalue weighted by atomic mass is 79.9. The van der Waals surface area contributed by atoms with Gasteiger partial charge in [0.25, 0.3) is 0 Å². The first-order chi connectivity index (χ1) is 8.13. The molecule has 0 spiro atoms. The zero-order valence-corrected chi connectivity index (χ0v) is 12.0. The predicted octanol–water partition coefficient (Wildman–Crippen LogP) is 3.15. The topological polar surface area (TPSA) is 38.3 Å². The van der Waals surface area contributed by atoms with E-state index in [1.807, 2.05) is 18.2 Å². The molecule has 0 bridgehead atoms. The summed E-state index contributed by atoms with van der Waals surface area (Å²) in [6.45, 7) is 3.46. The van der Waals surface area contributed by atoms with Crippen molar-refractivity contribution in [3.63, 3.8) is 0 Å². The van der Waals surface area contributed by atoms with Gasteiger partial charge in [-0.2, -0.15) is 0 Å². The van der Waals surface area contributed by atoms with Crippen molar-refractivity contribution < 1.29 is 9.53 Å². The largest absolute Gasteiger partial charge is 0.466 e. The lowest BCUT2D eigenvalue weighted by molar-refractivity contribution is -0.142. The number of benzene rings is 1. The Bertz CT molecular complexity index is 385. The summed E-state index contributed by atoms with van der Waals surface area (Å²) in [6.07, 6.45) is 0.377. The van der Waals surface area contributed by atoms with Crippen molar-refractivity contribution in [2.75, 3.05) is 13.2 Å². The molecule has 0 aliphatic carbocycles. The zero-order valence-electron chi connectivity index (χ0n) is 9.63. The minimum atomic E-state index is -0.179. The molecule has 0 fully saturated rings. The second-order valence-electron chi connectivity index (χ2n) is 3.47. The number of esters is 1. The molecule has 0 radical (unpaired) electrons. The molecule has 0 saturated carbocycles. The summed E-state index contributed by atoms with van der Waals surface area (Å²) in [4.78, 5) is 11.1. The van der Waals surface area contributed by atoms with Crippen LogP contribution in [0.3, 0.4) is 0 Å². The molecule has 3 nitrogen and oxygen atoms in total. The number of ether oxygens (including phenoxy) is 1. The monoisotopic (exact) mass is 319 g/mol. The minimum absolute atomic E-state index is 0.179. The average molecular weight is 321 g/mol. The summed E-state index contributed by atoms with van der Waals surface area (Å²) in [5, 5.41) is 3.86. The van der Waals surface area contributed by atoms with Gasteiger partial charge < -0.3 is 10.1 Å². The fraction of sp³-hybridized carbons (Fsp3) is 0.417. The number of hydrogen-bond donors (Lipinski definition) is 1. The van der Waals surface area contributed by atoms with Crippen LogP contribution in [-0.2, 0) is 16.1 Å². The number of hydrogen-bond acceptors (Lipinski definition) is 3. The van der Waals surface area contributed by atoms with Gasteiger partial charge in [-0.1, -0.05) is 33.6 Å². The smallest absolute Gasteiger partial charge is 0.307 e. The predicted molar refractivity (Wildman–Crippen MR) is 72.1 cm³/mol. The van der Waals surface area contributed by atoms with Crippen LogP contribution < -0.4 is 5.32 Å². The van der Waals surface area contributed by atoms with Gasteiger partial charge in [-0.05, 0) is 24.6 Å². The maximum Gasteiger partial charge on any atom is 0.307 e. The molecule has 0 aliphatic heterocycles. The molecule has 1 rings (SSSR count). The van der Waals surface area contributed by atoms with Gasteiger partial charge in [0.15, 0.2) is 0 Å². The molecule has 0 atom stereocenters. The average Bonchev–Trinajstić information content (AvgIpc) is 2.27. The SMILES string of the molecule is CCOC(=O)CCNCc1ccc(Br)cc1Cl. The van der Waals surface area contributed by atoms with Crippen LogP contribution in [0.4, 0.5) is 0 Å². The van der Waals surface area contributed by atoms with Crippen molar-refractivity contribution in [3.8, 4) is 0 Å². The first kappa shape index (κ1) is 14.5. The highest BCUT2D eigenvalue weighted by Crippen LogP contribution is 2.20. The summed E-state index contributed by atoms with van der Waals surface area (Å²) in [6, 6.07) is 5.74. The Morgan fingerprint density at radius 3 is 2.94 bits per heavy atom. The maximum atomic E-state index is 11.1. The van der Waals surface area contributed by atoms with Crippen LogP contribution in [0.25, 0.3) is 0 Å². The van der Waals surface area contributed by atoms with Crippen LogP contribution in [0.1, 0.15) is 18.9 Å². The third-order valence-electron chi connectivity index (χ3n) is 2.14. The quantitative estimate of drug-likeness (QED) is 0.646. The molecule has 1 aromatic rings. The second kappa shape index (κ2) is 7.69. The van der Waals surface area contributed by atoms with Gasteiger partial charge in [0.05, 0.1) is 13.0 Å². The van der Waals surface area contributed by atoms with E-state index in [1.165, 1.54) is 0 Å². The lowest BCUT2D eigenvalue weighted by Crippen LogP contribution is -2.19. The molecule has 1 N–H and O–H groups in total. The Morgan fingerprint density at radius 2 is 2.29 bits per heavy atom. The van der Waals surface area contributed by atoms with Gasteiger partial charge in [0.1, 0.15) is 0 Å². The molecular weight excluding hydrogens is 305 g/mol. The Labute approximate surface area is 115 Å². The van der Waals surface area contributed by atoms with Crippen molar-refractivity contribution in [2.45, 2.75) is 19.9 Å². The van der Waals surface area contributed by atoms with E-state index in [4.69, 9.17) is 16.3 Å². The van der Waals surface area contributed by atoms with Crippen LogP contribution in [0.5, 0.6) is 0 Å². The van der Waals surface area contributed by atoms with Gasteiger partial charge >= 0.3 is 5.97 Å². The number of halogens is 2. The molecule has 94 valence electrons. The van der Waals surface area contributed by atoms with E-state index in [0.29, 0.717) is 31.1 Å². The number of carbonyl (C=O) groups is 1. The molecule has 17 heavy (non-hydrogen) atoms. The van der Waals surface area contributed by atoms with Crippen LogP contribution in [0.2, 0.25) is 5.02 Å². The molecule has 0 amide bonds. The molecule has 0 unspecified atom stereocenters. The Kier molecular flexibility index (Phi) is 6.55. The van der Waals surface area contributed by atoms with Crippen LogP contribution in [0, 0.1) is 0 Å². The molecular formula is C12H15BrClNO2. The maximum absolute atomic E-state index is 11.1. The second-order valence-corrected chi connectivity index (χ2v) is 4.79. The normalized spacial score (nSPS) is 10.3. The molecule has 5 heteroatoms.